The molecule has 1 aromatic rings. The molecule has 1 fully saturated rings. The van der Waals surface area contributed by atoms with Crippen LogP contribution in [0, 0.1) is 13.8 Å². The average molecular weight is 262 g/mol. The maximum Gasteiger partial charge on any atom is 0.224 e. The SMILES string of the molecule is Cc1ccc(C)c(CC(=O)NCC2COCCN2)c1. The lowest BCUT2D eigenvalue weighted by Gasteiger charge is -2.24. The maximum atomic E-state index is 11.9. The first-order valence-corrected chi connectivity index (χ1v) is 6.79. The fourth-order valence-electron chi connectivity index (χ4n) is 2.21. The smallest absolute Gasteiger partial charge is 0.224 e. The highest BCUT2D eigenvalue weighted by Crippen LogP contribution is 2.11. The van der Waals surface area contributed by atoms with Crippen LogP contribution in [0.25, 0.3) is 0 Å². The van der Waals surface area contributed by atoms with E-state index in [1.165, 1.54) is 11.1 Å². The molecule has 1 aromatic carbocycles. The predicted molar refractivity (Wildman–Crippen MR) is 75.2 cm³/mol. The molecule has 1 heterocycles. The van der Waals surface area contributed by atoms with E-state index < -0.39 is 0 Å². The zero-order valence-corrected chi connectivity index (χ0v) is 11.7. The number of hydrogen-bond donors (Lipinski definition) is 2. The lowest BCUT2D eigenvalue weighted by atomic mass is 10.0. The van der Waals surface area contributed by atoms with Crippen molar-refractivity contribution in [3.63, 3.8) is 0 Å². The lowest BCUT2D eigenvalue weighted by Crippen LogP contribution is -2.48. The fraction of sp³-hybridized carbons (Fsp3) is 0.533. The van der Waals surface area contributed by atoms with Gasteiger partial charge in [0.25, 0.3) is 0 Å². The van der Waals surface area contributed by atoms with Gasteiger partial charge in [0.05, 0.1) is 19.6 Å². The Labute approximate surface area is 114 Å². The van der Waals surface area contributed by atoms with Gasteiger partial charge in [0.1, 0.15) is 0 Å². The molecule has 1 amide bonds. The van der Waals surface area contributed by atoms with Gasteiger partial charge in [-0.25, -0.2) is 0 Å². The van der Waals surface area contributed by atoms with Crippen LogP contribution in [0.2, 0.25) is 0 Å². The Morgan fingerprint density at radius 3 is 3.05 bits per heavy atom. The summed E-state index contributed by atoms with van der Waals surface area (Å²) in [5.74, 6) is 0.0704. The zero-order valence-electron chi connectivity index (χ0n) is 11.7. The minimum absolute atomic E-state index is 0.0704. The maximum absolute atomic E-state index is 11.9. The Bertz CT molecular complexity index is 440. The van der Waals surface area contributed by atoms with Gasteiger partial charge in [-0.1, -0.05) is 23.8 Å². The van der Waals surface area contributed by atoms with Crippen molar-refractivity contribution in [2.75, 3.05) is 26.3 Å². The standard InChI is InChI=1S/C15H22N2O2/c1-11-3-4-12(2)13(7-11)8-15(18)17-9-14-10-19-6-5-16-14/h3-4,7,14,16H,5-6,8-10H2,1-2H3,(H,17,18). The van der Waals surface area contributed by atoms with Crippen LogP contribution in [0.3, 0.4) is 0 Å². The summed E-state index contributed by atoms with van der Waals surface area (Å²) in [7, 11) is 0. The van der Waals surface area contributed by atoms with Gasteiger partial charge in [-0.05, 0) is 25.0 Å². The molecule has 4 nitrogen and oxygen atoms in total. The number of benzene rings is 1. The molecule has 0 spiro atoms. The van der Waals surface area contributed by atoms with E-state index in [0.717, 1.165) is 18.7 Å². The van der Waals surface area contributed by atoms with Crippen molar-refractivity contribution in [1.82, 2.24) is 10.6 Å². The number of nitrogens with one attached hydrogen (secondary N) is 2. The normalized spacial score (nSPS) is 19.2. The van der Waals surface area contributed by atoms with Crippen molar-refractivity contribution in [2.24, 2.45) is 0 Å². The van der Waals surface area contributed by atoms with Crippen LogP contribution in [0.1, 0.15) is 16.7 Å². The highest BCUT2D eigenvalue weighted by Gasteiger charge is 2.14. The Balaban J connectivity index is 1.81. The van der Waals surface area contributed by atoms with E-state index in [9.17, 15) is 4.79 Å². The number of carbonyl (C=O) groups is 1. The number of rotatable bonds is 4. The third-order valence-electron chi connectivity index (χ3n) is 3.40. The van der Waals surface area contributed by atoms with Crippen molar-refractivity contribution in [2.45, 2.75) is 26.3 Å². The van der Waals surface area contributed by atoms with E-state index in [0.29, 0.717) is 19.6 Å². The second-order valence-corrected chi connectivity index (χ2v) is 5.14. The molecule has 19 heavy (non-hydrogen) atoms. The third-order valence-corrected chi connectivity index (χ3v) is 3.40. The molecule has 1 unspecified atom stereocenters. The summed E-state index contributed by atoms with van der Waals surface area (Å²) in [6, 6.07) is 6.45. The number of carbonyl (C=O) groups excluding carboxylic acids is 1. The molecule has 1 atom stereocenters. The average Bonchev–Trinajstić information content (AvgIpc) is 2.42. The van der Waals surface area contributed by atoms with Crippen LogP contribution in [0.15, 0.2) is 18.2 Å². The summed E-state index contributed by atoms with van der Waals surface area (Å²) in [4.78, 5) is 11.9. The summed E-state index contributed by atoms with van der Waals surface area (Å²) in [6.07, 6.45) is 0.446. The van der Waals surface area contributed by atoms with Crippen molar-refractivity contribution >= 4 is 5.91 Å². The van der Waals surface area contributed by atoms with Gasteiger partial charge >= 0.3 is 0 Å². The van der Waals surface area contributed by atoms with Gasteiger partial charge in [-0.3, -0.25) is 4.79 Å². The van der Waals surface area contributed by atoms with Crippen molar-refractivity contribution in [3.8, 4) is 0 Å². The van der Waals surface area contributed by atoms with E-state index >= 15 is 0 Å². The van der Waals surface area contributed by atoms with Crippen LogP contribution in [0.4, 0.5) is 0 Å². The summed E-state index contributed by atoms with van der Waals surface area (Å²) in [6.45, 7) is 7.00. The van der Waals surface area contributed by atoms with Gasteiger partial charge in [0, 0.05) is 19.1 Å². The quantitative estimate of drug-likeness (QED) is 0.849. The molecule has 4 heteroatoms. The van der Waals surface area contributed by atoms with Crippen LogP contribution in [-0.2, 0) is 16.0 Å². The summed E-state index contributed by atoms with van der Waals surface area (Å²) < 4.78 is 5.35. The largest absolute Gasteiger partial charge is 0.378 e. The molecule has 2 N–H and O–H groups in total. The molecule has 1 saturated heterocycles. The molecule has 0 radical (unpaired) electrons. The highest BCUT2D eigenvalue weighted by atomic mass is 16.5. The van der Waals surface area contributed by atoms with Gasteiger partial charge in [-0.2, -0.15) is 0 Å². The number of ether oxygens (including phenoxy) is 1. The Hall–Kier alpha value is -1.39. The third kappa shape index (κ3) is 4.33. The van der Waals surface area contributed by atoms with Gasteiger partial charge < -0.3 is 15.4 Å². The number of aryl methyl sites for hydroxylation is 2. The molecular weight excluding hydrogens is 240 g/mol. The number of morpholine rings is 1. The van der Waals surface area contributed by atoms with Crippen LogP contribution >= 0.6 is 0 Å². The van der Waals surface area contributed by atoms with Crippen molar-refractivity contribution < 1.29 is 9.53 Å². The van der Waals surface area contributed by atoms with Gasteiger partial charge in [-0.15, -0.1) is 0 Å². The second-order valence-electron chi connectivity index (χ2n) is 5.14. The van der Waals surface area contributed by atoms with Crippen molar-refractivity contribution in [3.05, 3.63) is 34.9 Å². The molecule has 0 aromatic heterocycles. The lowest BCUT2D eigenvalue weighted by molar-refractivity contribution is -0.120. The summed E-state index contributed by atoms with van der Waals surface area (Å²) in [5, 5.41) is 6.29. The molecule has 104 valence electrons. The fourth-order valence-corrected chi connectivity index (χ4v) is 2.21. The first-order valence-electron chi connectivity index (χ1n) is 6.79. The molecule has 2 rings (SSSR count). The number of amides is 1. The van der Waals surface area contributed by atoms with Gasteiger partial charge in [0.15, 0.2) is 0 Å². The van der Waals surface area contributed by atoms with Crippen molar-refractivity contribution in [1.29, 1.82) is 0 Å². The topological polar surface area (TPSA) is 50.4 Å². The van der Waals surface area contributed by atoms with E-state index in [2.05, 4.69) is 28.8 Å². The summed E-state index contributed by atoms with van der Waals surface area (Å²) in [5.41, 5.74) is 3.46. The Kier molecular flexibility index (Phi) is 4.93. The first kappa shape index (κ1) is 14.0. The minimum Gasteiger partial charge on any atom is -0.378 e. The number of hydrogen-bond acceptors (Lipinski definition) is 3. The van der Waals surface area contributed by atoms with E-state index in [1.54, 1.807) is 0 Å². The predicted octanol–water partition coefficient (Wildman–Crippen LogP) is 0.951. The zero-order chi connectivity index (χ0) is 13.7. The van der Waals surface area contributed by atoms with Crippen LogP contribution in [0.5, 0.6) is 0 Å². The molecule has 1 aliphatic rings. The minimum atomic E-state index is 0.0704. The van der Waals surface area contributed by atoms with E-state index in [-0.39, 0.29) is 11.9 Å². The Morgan fingerprint density at radius 1 is 1.47 bits per heavy atom. The van der Waals surface area contributed by atoms with Crippen LogP contribution < -0.4 is 10.6 Å². The monoisotopic (exact) mass is 262 g/mol. The molecule has 0 saturated carbocycles. The van der Waals surface area contributed by atoms with E-state index in [4.69, 9.17) is 4.74 Å². The highest BCUT2D eigenvalue weighted by molar-refractivity contribution is 5.79. The molecule has 0 bridgehead atoms. The summed E-state index contributed by atoms with van der Waals surface area (Å²) >= 11 is 0. The van der Waals surface area contributed by atoms with Gasteiger partial charge in [0.2, 0.25) is 5.91 Å². The molecule has 1 aliphatic heterocycles. The first-order chi connectivity index (χ1) is 9.15. The van der Waals surface area contributed by atoms with E-state index in [1.807, 2.05) is 13.8 Å². The Morgan fingerprint density at radius 2 is 2.32 bits per heavy atom. The second kappa shape index (κ2) is 6.68. The molecular formula is C15H22N2O2. The van der Waals surface area contributed by atoms with Crippen LogP contribution in [-0.4, -0.2) is 38.3 Å². The molecule has 0 aliphatic carbocycles.